The number of aliphatic hydroxyl groups excluding tert-OH is 4. The summed E-state index contributed by atoms with van der Waals surface area (Å²) in [6.45, 7) is 7.86. The lowest BCUT2D eigenvalue weighted by Gasteiger charge is -2.43. The summed E-state index contributed by atoms with van der Waals surface area (Å²) in [5.74, 6) is -5.69. The number of aliphatic hydroxyl groups is 5. The Kier molecular flexibility index (Phi) is 8.04. The molecular weight excluding hydrogens is 470 g/mol. The van der Waals surface area contributed by atoms with E-state index in [0.717, 1.165) is 0 Å². The third kappa shape index (κ3) is 5.27. The molecule has 5 N–H and O–H groups in total. The van der Waals surface area contributed by atoms with Crippen LogP contribution < -0.4 is 9.47 Å². The number of hydrogen-bond donors (Lipinski definition) is 5. The van der Waals surface area contributed by atoms with E-state index in [1.54, 1.807) is 20.8 Å². The third-order valence-electron chi connectivity index (χ3n) is 5.75. The molecule has 2 aromatic rings. The minimum Gasteiger partial charge on any atom is -0.488 e. The van der Waals surface area contributed by atoms with Gasteiger partial charge in [-0.2, -0.15) is 4.39 Å². The van der Waals surface area contributed by atoms with Crippen LogP contribution in [-0.4, -0.2) is 78.4 Å². The topological polar surface area (TPSA) is 147 Å². The van der Waals surface area contributed by atoms with Gasteiger partial charge in [0.15, 0.2) is 17.7 Å². The largest absolute Gasteiger partial charge is 0.488 e. The molecule has 1 fully saturated rings. The highest BCUT2D eigenvalue weighted by Gasteiger charge is 2.55. The van der Waals surface area contributed by atoms with Gasteiger partial charge in [0.25, 0.3) is 0 Å². The fourth-order valence-electron chi connectivity index (χ4n) is 3.91. The maximum Gasteiger partial charge on any atom is 0.356 e. The van der Waals surface area contributed by atoms with Crippen LogP contribution in [-0.2, 0) is 11.2 Å². The molecule has 0 radical (unpaired) electrons. The van der Waals surface area contributed by atoms with Crippen LogP contribution in [0.4, 0.5) is 8.78 Å². The molecule has 0 amide bonds. The van der Waals surface area contributed by atoms with Crippen molar-refractivity contribution < 1.29 is 48.5 Å². The average molecular weight is 503 g/mol. The van der Waals surface area contributed by atoms with Gasteiger partial charge in [-0.15, -0.1) is 5.10 Å². The van der Waals surface area contributed by atoms with Crippen LogP contribution in [0.15, 0.2) is 12.1 Å². The molecule has 1 aromatic carbocycles. The monoisotopic (exact) mass is 502 g/mol. The second-order valence-electron chi connectivity index (χ2n) is 9.10. The molecular formula is C23H32F2N2O8. The summed E-state index contributed by atoms with van der Waals surface area (Å²) in [6, 6.07) is 2.47. The van der Waals surface area contributed by atoms with E-state index in [4.69, 9.17) is 14.2 Å². The van der Waals surface area contributed by atoms with Crippen LogP contribution in [0.3, 0.4) is 0 Å². The van der Waals surface area contributed by atoms with E-state index >= 15 is 0 Å². The number of ether oxygens (including phenoxy) is 3. The summed E-state index contributed by atoms with van der Waals surface area (Å²) in [7, 11) is 0. The molecule has 1 aliphatic rings. The standard InChI is InChI=1S/C23H32F2N2O8/c1-10(2)27-12(5)14(8-13-6-7-15(33-11(3)4)18(25)17(13)24)22(26-27)35-23(32)21(31)20(30)19(29)16(9-28)34-23/h6-7,10-11,16,19-21,28-32H,8-9H2,1-5H3/t16-,19-,20+,21-,23-/m1/s1. The van der Waals surface area contributed by atoms with Gasteiger partial charge >= 0.3 is 5.97 Å². The van der Waals surface area contributed by atoms with E-state index in [-0.39, 0.29) is 41.3 Å². The van der Waals surface area contributed by atoms with Gasteiger partial charge in [-0.25, -0.2) is 4.39 Å². The fraction of sp³-hybridized carbons (Fsp3) is 0.609. The highest BCUT2D eigenvalue weighted by atomic mass is 19.2. The average Bonchev–Trinajstić information content (AvgIpc) is 3.09. The Hall–Kier alpha value is -2.35. The molecule has 5 atom stereocenters. The summed E-state index contributed by atoms with van der Waals surface area (Å²) in [5, 5.41) is 54.9. The zero-order valence-electron chi connectivity index (χ0n) is 20.1. The predicted molar refractivity (Wildman–Crippen MR) is 118 cm³/mol. The molecule has 0 aliphatic carbocycles. The first-order valence-electron chi connectivity index (χ1n) is 11.3. The Morgan fingerprint density at radius 3 is 2.34 bits per heavy atom. The van der Waals surface area contributed by atoms with E-state index in [0.29, 0.717) is 5.69 Å². The Morgan fingerprint density at radius 2 is 1.77 bits per heavy atom. The number of halogens is 2. The first-order valence-corrected chi connectivity index (χ1v) is 11.3. The van der Waals surface area contributed by atoms with Crippen LogP contribution in [0.1, 0.15) is 50.6 Å². The molecule has 2 heterocycles. The van der Waals surface area contributed by atoms with Gasteiger partial charge in [-0.1, -0.05) is 6.07 Å². The molecule has 1 aliphatic heterocycles. The molecule has 12 heteroatoms. The number of rotatable bonds is 8. The predicted octanol–water partition coefficient (Wildman–Crippen LogP) is 0.927. The van der Waals surface area contributed by atoms with Gasteiger partial charge in [-0.3, -0.25) is 4.68 Å². The summed E-state index contributed by atoms with van der Waals surface area (Å²) in [5.41, 5.74) is 0.709. The Morgan fingerprint density at radius 1 is 1.11 bits per heavy atom. The van der Waals surface area contributed by atoms with Gasteiger partial charge in [0.1, 0.15) is 18.3 Å². The van der Waals surface area contributed by atoms with Crippen molar-refractivity contribution in [1.82, 2.24) is 9.78 Å². The molecule has 1 saturated heterocycles. The van der Waals surface area contributed by atoms with Crippen LogP contribution in [0.5, 0.6) is 11.6 Å². The minimum atomic E-state index is -2.90. The fourth-order valence-corrected chi connectivity index (χ4v) is 3.91. The second-order valence-corrected chi connectivity index (χ2v) is 9.10. The van der Waals surface area contributed by atoms with Crippen molar-refractivity contribution in [2.75, 3.05) is 6.61 Å². The lowest BCUT2D eigenvalue weighted by atomic mass is 9.98. The maximum atomic E-state index is 14.9. The Balaban J connectivity index is 2.01. The molecule has 10 nitrogen and oxygen atoms in total. The molecule has 0 unspecified atom stereocenters. The van der Waals surface area contributed by atoms with Crippen molar-refractivity contribution >= 4 is 0 Å². The smallest absolute Gasteiger partial charge is 0.356 e. The third-order valence-corrected chi connectivity index (χ3v) is 5.75. The van der Waals surface area contributed by atoms with Crippen molar-refractivity contribution in [3.8, 4) is 11.6 Å². The van der Waals surface area contributed by atoms with Crippen molar-refractivity contribution in [2.24, 2.45) is 0 Å². The summed E-state index contributed by atoms with van der Waals surface area (Å²) in [6.07, 6.45) is -7.80. The molecule has 0 saturated carbocycles. The second kappa shape index (κ2) is 10.3. The lowest BCUT2D eigenvalue weighted by Crippen LogP contribution is -2.67. The molecule has 196 valence electrons. The van der Waals surface area contributed by atoms with E-state index < -0.39 is 48.6 Å². The Bertz CT molecular complexity index is 1050. The van der Waals surface area contributed by atoms with E-state index in [1.807, 2.05) is 13.8 Å². The van der Waals surface area contributed by atoms with Gasteiger partial charge in [0, 0.05) is 23.7 Å². The zero-order chi connectivity index (χ0) is 26.2. The van der Waals surface area contributed by atoms with Gasteiger partial charge in [0.2, 0.25) is 11.7 Å². The van der Waals surface area contributed by atoms with Crippen LogP contribution in [0.25, 0.3) is 0 Å². The number of nitrogens with zero attached hydrogens (tertiary/aromatic N) is 2. The van der Waals surface area contributed by atoms with Crippen molar-refractivity contribution in [3.63, 3.8) is 0 Å². The van der Waals surface area contributed by atoms with E-state index in [1.165, 1.54) is 16.8 Å². The van der Waals surface area contributed by atoms with Crippen molar-refractivity contribution in [3.05, 3.63) is 40.6 Å². The number of benzene rings is 1. The number of aromatic nitrogens is 2. The van der Waals surface area contributed by atoms with Gasteiger partial charge < -0.3 is 39.7 Å². The molecule has 35 heavy (non-hydrogen) atoms. The number of hydrogen-bond acceptors (Lipinski definition) is 9. The van der Waals surface area contributed by atoms with Crippen LogP contribution in [0, 0.1) is 18.6 Å². The van der Waals surface area contributed by atoms with Gasteiger partial charge in [-0.05, 0) is 46.2 Å². The normalized spacial score (nSPS) is 27.0. The van der Waals surface area contributed by atoms with Crippen molar-refractivity contribution in [1.29, 1.82) is 0 Å². The molecule has 1 aromatic heterocycles. The molecule has 0 spiro atoms. The maximum absolute atomic E-state index is 14.9. The quantitative estimate of drug-likeness (QED) is 0.333. The van der Waals surface area contributed by atoms with E-state index in [9.17, 15) is 34.3 Å². The molecule has 0 bridgehead atoms. The first kappa shape index (κ1) is 27.2. The van der Waals surface area contributed by atoms with Crippen molar-refractivity contribution in [2.45, 2.75) is 83.6 Å². The summed E-state index contributed by atoms with van der Waals surface area (Å²) < 4.78 is 46.9. The van der Waals surface area contributed by atoms with Crippen LogP contribution >= 0.6 is 0 Å². The van der Waals surface area contributed by atoms with Gasteiger partial charge in [0.05, 0.1) is 12.7 Å². The zero-order valence-corrected chi connectivity index (χ0v) is 20.1. The SMILES string of the molecule is Cc1c(Cc2ccc(OC(C)C)c(F)c2F)c(O[C@]2(O)O[C@H](CO)[C@@H](O)[C@H](O)[C@H]2O)nn1C(C)C. The highest BCUT2D eigenvalue weighted by Crippen LogP contribution is 2.35. The highest BCUT2D eigenvalue weighted by molar-refractivity contribution is 5.40. The molecule has 3 rings (SSSR count). The summed E-state index contributed by atoms with van der Waals surface area (Å²) >= 11 is 0. The van der Waals surface area contributed by atoms with E-state index in [2.05, 4.69) is 5.10 Å². The first-order chi connectivity index (χ1) is 16.3. The van der Waals surface area contributed by atoms with Crippen LogP contribution in [0.2, 0.25) is 0 Å². The Labute approximate surface area is 201 Å². The minimum absolute atomic E-state index is 0.0457. The summed E-state index contributed by atoms with van der Waals surface area (Å²) in [4.78, 5) is 0. The lowest BCUT2D eigenvalue weighted by molar-refractivity contribution is -0.423.